The highest BCUT2D eigenvalue weighted by Crippen LogP contribution is 2.37. The Labute approximate surface area is 199 Å². The van der Waals surface area contributed by atoms with Crippen LogP contribution < -0.4 is 4.72 Å². The molecule has 1 N–H and O–H groups in total. The van der Waals surface area contributed by atoms with Crippen molar-refractivity contribution in [1.82, 2.24) is 19.3 Å². The Morgan fingerprint density at radius 3 is 2.62 bits per heavy atom. The highest BCUT2D eigenvalue weighted by Gasteiger charge is 2.22. The zero-order chi connectivity index (χ0) is 23.2. The van der Waals surface area contributed by atoms with Gasteiger partial charge in [-0.1, -0.05) is 6.07 Å². The number of aromatic nitrogens is 4. The highest BCUT2D eigenvalue weighted by atomic mass is 32.2. The quantitative estimate of drug-likeness (QED) is 0.283. The SMILES string of the molecule is Cn1cc(-c2ccc3c(c2)ncn3-c2cc(NSC3CC3)cc(-c3ccc(F)cc3F)c2)cn1. The fraction of sp³-hybridized carbons (Fsp3) is 0.154. The van der Waals surface area contributed by atoms with Crippen molar-refractivity contribution in [2.45, 2.75) is 18.1 Å². The number of nitrogens with zero attached hydrogens (tertiary/aromatic N) is 4. The van der Waals surface area contributed by atoms with E-state index in [1.807, 2.05) is 60.4 Å². The van der Waals surface area contributed by atoms with Crippen LogP contribution in [0.15, 0.2) is 73.3 Å². The molecule has 1 saturated carbocycles. The standard InChI is InChI=1S/C26H21F2N5S/c1-32-14-18(13-30-32)16-2-7-26-25(10-16)29-15-33(26)21-9-17(23-6-3-19(27)11-24(23)28)8-20(12-21)31-34-22-4-5-22/h2-3,6-15,22,31H,4-5H2,1H3. The van der Waals surface area contributed by atoms with Crippen molar-refractivity contribution >= 4 is 28.7 Å². The van der Waals surface area contributed by atoms with Crippen molar-refractivity contribution in [2.24, 2.45) is 7.05 Å². The van der Waals surface area contributed by atoms with Gasteiger partial charge in [0.1, 0.15) is 18.0 Å². The number of halogens is 2. The van der Waals surface area contributed by atoms with E-state index in [1.54, 1.807) is 23.0 Å². The number of hydrogen-bond donors (Lipinski definition) is 1. The predicted octanol–water partition coefficient (Wildman–Crippen LogP) is 6.59. The average Bonchev–Trinajstić information content (AvgIpc) is 3.40. The van der Waals surface area contributed by atoms with Crippen LogP contribution in [0.4, 0.5) is 14.5 Å². The van der Waals surface area contributed by atoms with Crippen LogP contribution in [0.2, 0.25) is 0 Å². The van der Waals surface area contributed by atoms with Crippen LogP contribution in [-0.4, -0.2) is 24.6 Å². The lowest BCUT2D eigenvalue weighted by atomic mass is 10.0. The van der Waals surface area contributed by atoms with E-state index in [1.165, 1.54) is 25.0 Å². The molecule has 0 radical (unpaired) electrons. The van der Waals surface area contributed by atoms with Crippen LogP contribution in [-0.2, 0) is 7.05 Å². The molecule has 0 aliphatic heterocycles. The molecule has 2 heterocycles. The van der Waals surface area contributed by atoms with E-state index < -0.39 is 11.6 Å². The minimum atomic E-state index is -0.593. The lowest BCUT2D eigenvalue weighted by Gasteiger charge is -2.13. The maximum atomic E-state index is 14.6. The van der Waals surface area contributed by atoms with Gasteiger partial charge < -0.3 is 4.72 Å². The Kier molecular flexibility index (Phi) is 5.10. The van der Waals surface area contributed by atoms with Crippen LogP contribution in [0.5, 0.6) is 0 Å². The molecule has 0 unspecified atom stereocenters. The Hall–Kier alpha value is -3.65. The maximum Gasteiger partial charge on any atom is 0.133 e. The molecule has 3 aromatic carbocycles. The fourth-order valence-corrected chi connectivity index (χ4v) is 4.79. The summed E-state index contributed by atoms with van der Waals surface area (Å²) in [6.45, 7) is 0. The highest BCUT2D eigenvalue weighted by molar-refractivity contribution is 8.01. The first-order valence-corrected chi connectivity index (χ1v) is 11.9. The molecule has 5 nitrogen and oxygen atoms in total. The summed E-state index contributed by atoms with van der Waals surface area (Å²) in [5.41, 5.74) is 6.58. The molecule has 6 rings (SSSR count). The van der Waals surface area contributed by atoms with Gasteiger partial charge in [-0.05, 0) is 78.4 Å². The van der Waals surface area contributed by atoms with Crippen molar-refractivity contribution in [1.29, 1.82) is 0 Å². The Bertz CT molecular complexity index is 1520. The summed E-state index contributed by atoms with van der Waals surface area (Å²) in [4.78, 5) is 4.62. The third-order valence-electron chi connectivity index (χ3n) is 5.89. The first kappa shape index (κ1) is 20.9. The lowest BCUT2D eigenvalue weighted by Crippen LogP contribution is -1.97. The van der Waals surface area contributed by atoms with Gasteiger partial charge in [0.05, 0.1) is 17.2 Å². The third-order valence-corrected chi connectivity index (χ3v) is 7.05. The molecule has 170 valence electrons. The first-order valence-electron chi connectivity index (χ1n) is 11.0. The molecule has 0 amide bonds. The molecule has 0 spiro atoms. The van der Waals surface area contributed by atoms with Gasteiger partial charge in [0.2, 0.25) is 0 Å². The van der Waals surface area contributed by atoms with Crippen LogP contribution in [0.1, 0.15) is 12.8 Å². The number of rotatable bonds is 6. The summed E-state index contributed by atoms with van der Waals surface area (Å²) in [6, 6.07) is 15.6. The molecule has 1 fully saturated rings. The molecule has 0 bridgehead atoms. The number of fused-ring (bicyclic) bond motifs is 1. The summed E-state index contributed by atoms with van der Waals surface area (Å²) in [5, 5.41) is 4.85. The number of benzene rings is 3. The molecule has 0 saturated heterocycles. The topological polar surface area (TPSA) is 47.7 Å². The second kappa shape index (κ2) is 8.29. The molecule has 5 aromatic rings. The van der Waals surface area contributed by atoms with Crippen molar-refractivity contribution in [3.05, 3.63) is 85.0 Å². The van der Waals surface area contributed by atoms with Crippen LogP contribution in [0, 0.1) is 11.6 Å². The van der Waals surface area contributed by atoms with Gasteiger partial charge in [0.15, 0.2) is 0 Å². The maximum absolute atomic E-state index is 14.6. The number of anilines is 1. The summed E-state index contributed by atoms with van der Waals surface area (Å²) < 4.78 is 35.3. The van der Waals surface area contributed by atoms with E-state index in [0.717, 1.165) is 39.6 Å². The fourth-order valence-electron chi connectivity index (χ4n) is 3.99. The largest absolute Gasteiger partial charge is 0.329 e. The molecule has 2 aromatic heterocycles. The normalized spacial score (nSPS) is 13.5. The van der Waals surface area contributed by atoms with Gasteiger partial charge in [0.25, 0.3) is 0 Å². The Balaban J connectivity index is 1.44. The van der Waals surface area contributed by atoms with E-state index in [9.17, 15) is 8.78 Å². The average molecular weight is 474 g/mol. The first-order chi connectivity index (χ1) is 16.5. The van der Waals surface area contributed by atoms with Crippen molar-refractivity contribution in [3.63, 3.8) is 0 Å². The second-order valence-electron chi connectivity index (χ2n) is 8.53. The molecular formula is C26H21F2N5S. The summed E-state index contributed by atoms with van der Waals surface area (Å²) in [7, 11) is 1.89. The van der Waals surface area contributed by atoms with Crippen molar-refractivity contribution < 1.29 is 8.78 Å². The van der Waals surface area contributed by atoms with Crippen molar-refractivity contribution in [3.8, 4) is 27.9 Å². The zero-order valence-corrected chi connectivity index (χ0v) is 19.2. The zero-order valence-electron chi connectivity index (χ0n) is 18.4. The van der Waals surface area contributed by atoms with E-state index in [-0.39, 0.29) is 0 Å². The van der Waals surface area contributed by atoms with Crippen LogP contribution in [0.3, 0.4) is 0 Å². The smallest absolute Gasteiger partial charge is 0.133 e. The van der Waals surface area contributed by atoms with Gasteiger partial charge in [0, 0.05) is 47.1 Å². The molecule has 8 heteroatoms. The lowest BCUT2D eigenvalue weighted by molar-refractivity contribution is 0.585. The number of nitrogens with one attached hydrogen (secondary N) is 1. The van der Waals surface area contributed by atoms with Crippen molar-refractivity contribution in [2.75, 3.05) is 4.72 Å². The van der Waals surface area contributed by atoms with Gasteiger partial charge in [-0.2, -0.15) is 5.10 Å². The minimum Gasteiger partial charge on any atom is -0.329 e. The Morgan fingerprint density at radius 2 is 1.85 bits per heavy atom. The molecule has 34 heavy (non-hydrogen) atoms. The third kappa shape index (κ3) is 4.05. The number of hydrogen-bond acceptors (Lipinski definition) is 4. The van der Waals surface area contributed by atoms with Gasteiger partial charge in [-0.25, -0.2) is 13.8 Å². The molecule has 1 aliphatic carbocycles. The summed E-state index contributed by atoms with van der Waals surface area (Å²) in [5.74, 6) is -1.18. The number of aryl methyl sites for hydroxylation is 1. The Morgan fingerprint density at radius 1 is 0.971 bits per heavy atom. The molecule has 1 aliphatic rings. The van der Waals surface area contributed by atoms with E-state index in [0.29, 0.717) is 16.4 Å². The van der Waals surface area contributed by atoms with E-state index in [4.69, 9.17) is 0 Å². The second-order valence-corrected chi connectivity index (χ2v) is 9.64. The van der Waals surface area contributed by atoms with Gasteiger partial charge >= 0.3 is 0 Å². The number of imidazole rings is 1. The monoisotopic (exact) mass is 473 g/mol. The molecule has 0 atom stereocenters. The van der Waals surface area contributed by atoms with Gasteiger partial charge in [-0.15, -0.1) is 0 Å². The minimum absolute atomic E-state index is 0.353. The van der Waals surface area contributed by atoms with Crippen LogP contribution >= 0.6 is 11.9 Å². The van der Waals surface area contributed by atoms with Gasteiger partial charge in [-0.3, -0.25) is 9.25 Å². The van der Waals surface area contributed by atoms with E-state index in [2.05, 4.69) is 14.8 Å². The molecular weight excluding hydrogens is 452 g/mol. The predicted molar refractivity (Wildman–Crippen MR) is 133 cm³/mol. The van der Waals surface area contributed by atoms with E-state index >= 15 is 0 Å². The summed E-state index contributed by atoms with van der Waals surface area (Å²) in [6.07, 6.45) is 7.96. The van der Waals surface area contributed by atoms with Crippen LogP contribution in [0.25, 0.3) is 39.0 Å². The summed E-state index contributed by atoms with van der Waals surface area (Å²) >= 11 is 1.68.